The molecule has 0 saturated heterocycles. The summed E-state index contributed by atoms with van der Waals surface area (Å²) in [6, 6.07) is 11.4. The number of carbonyl (C=O) groups excluding carboxylic acids is 2. The number of hydrogen-bond acceptors (Lipinski definition) is 3. The van der Waals surface area contributed by atoms with Gasteiger partial charge in [-0.15, -0.1) is 0 Å². The summed E-state index contributed by atoms with van der Waals surface area (Å²) in [5, 5.41) is 0. The molecule has 0 bridgehead atoms. The predicted octanol–water partition coefficient (Wildman–Crippen LogP) is 7.07. The number of hydrogen-bond donors (Lipinski definition) is 0. The Labute approximate surface area is 198 Å². The van der Waals surface area contributed by atoms with Crippen LogP contribution in [0.2, 0.25) is 0 Å². The minimum atomic E-state index is -0.424. The second-order valence-electron chi connectivity index (χ2n) is 10.3. The number of fused-ring (bicyclic) bond motifs is 1. The van der Waals surface area contributed by atoms with Gasteiger partial charge < -0.3 is 0 Å². The summed E-state index contributed by atoms with van der Waals surface area (Å²) in [6.07, 6.45) is 4.95. The van der Waals surface area contributed by atoms with E-state index in [1.807, 2.05) is 0 Å². The molecule has 3 nitrogen and oxygen atoms in total. The number of pyridine rings is 1. The molecule has 34 heavy (non-hydrogen) atoms. The van der Waals surface area contributed by atoms with E-state index in [-0.39, 0.29) is 28.7 Å². The summed E-state index contributed by atoms with van der Waals surface area (Å²) >= 11 is 0. The molecular formula is C29H27F2NO2. The zero-order valence-electron chi connectivity index (χ0n) is 19.5. The zero-order chi connectivity index (χ0) is 24.0. The molecule has 1 fully saturated rings. The third kappa shape index (κ3) is 4.08. The second kappa shape index (κ2) is 8.53. The van der Waals surface area contributed by atoms with Crippen molar-refractivity contribution in [2.24, 2.45) is 5.41 Å². The van der Waals surface area contributed by atoms with Gasteiger partial charge in [0.15, 0.2) is 11.6 Å². The van der Waals surface area contributed by atoms with Gasteiger partial charge in [0, 0.05) is 29.0 Å². The van der Waals surface area contributed by atoms with Crippen molar-refractivity contribution in [3.05, 3.63) is 88.2 Å². The molecule has 0 radical (unpaired) electrons. The van der Waals surface area contributed by atoms with E-state index in [2.05, 4.69) is 13.8 Å². The van der Waals surface area contributed by atoms with Crippen LogP contribution in [-0.4, -0.2) is 16.6 Å². The molecule has 1 saturated carbocycles. The fourth-order valence-corrected chi connectivity index (χ4v) is 5.50. The van der Waals surface area contributed by atoms with E-state index in [9.17, 15) is 18.4 Å². The van der Waals surface area contributed by atoms with Crippen molar-refractivity contribution in [3.63, 3.8) is 0 Å². The van der Waals surface area contributed by atoms with Crippen molar-refractivity contribution >= 4 is 11.6 Å². The molecule has 0 N–H and O–H groups in total. The normalized spacial score (nSPS) is 17.6. The zero-order valence-corrected chi connectivity index (χ0v) is 19.5. The maximum absolute atomic E-state index is 14.0. The van der Waals surface area contributed by atoms with Crippen LogP contribution in [0.5, 0.6) is 0 Å². The van der Waals surface area contributed by atoms with E-state index >= 15 is 0 Å². The molecule has 0 amide bonds. The van der Waals surface area contributed by atoms with E-state index < -0.39 is 5.82 Å². The first kappa shape index (κ1) is 22.6. The fraction of sp³-hybridized carbons (Fsp3) is 0.345. The highest BCUT2D eigenvalue weighted by Gasteiger charge is 2.38. The van der Waals surface area contributed by atoms with Crippen LogP contribution in [0.15, 0.2) is 48.5 Å². The average molecular weight is 460 g/mol. The number of Topliss-reactive ketones (excluding diaryl/α,β-unsaturated/α-hetero) is 1. The van der Waals surface area contributed by atoms with Gasteiger partial charge in [0.2, 0.25) is 0 Å². The van der Waals surface area contributed by atoms with Crippen LogP contribution in [0.25, 0.3) is 11.1 Å². The summed E-state index contributed by atoms with van der Waals surface area (Å²) < 4.78 is 27.4. The topological polar surface area (TPSA) is 47.0 Å². The van der Waals surface area contributed by atoms with Gasteiger partial charge in [0.1, 0.15) is 11.6 Å². The number of carbonyl (C=O) groups is 2. The Hall–Kier alpha value is -3.21. The van der Waals surface area contributed by atoms with E-state index in [1.54, 1.807) is 12.1 Å². The maximum Gasteiger partial charge on any atom is 0.195 e. The van der Waals surface area contributed by atoms with Gasteiger partial charge in [-0.25, -0.2) is 8.78 Å². The molecule has 174 valence electrons. The quantitative estimate of drug-likeness (QED) is 0.392. The van der Waals surface area contributed by atoms with Crippen LogP contribution < -0.4 is 0 Å². The van der Waals surface area contributed by atoms with Crippen LogP contribution in [0.3, 0.4) is 0 Å². The highest BCUT2D eigenvalue weighted by atomic mass is 19.1. The fourth-order valence-electron chi connectivity index (χ4n) is 5.50. The SMILES string of the molecule is CC1(C)CC(=O)c2c(nc(C3CCCC3)c(C(=O)c3ccc(F)cc3)c2-c2ccc(F)cc2)C1. The lowest BCUT2D eigenvalue weighted by atomic mass is 9.72. The highest BCUT2D eigenvalue weighted by molar-refractivity contribution is 6.17. The molecule has 2 aliphatic rings. The molecule has 0 atom stereocenters. The number of aromatic nitrogens is 1. The molecule has 1 heterocycles. The lowest BCUT2D eigenvalue weighted by molar-refractivity contribution is 0.0911. The lowest BCUT2D eigenvalue weighted by Crippen LogP contribution is -2.30. The number of nitrogens with zero attached hydrogens (tertiary/aromatic N) is 1. The van der Waals surface area contributed by atoms with Crippen molar-refractivity contribution in [1.29, 1.82) is 0 Å². The Morgan fingerprint density at radius 3 is 2.09 bits per heavy atom. The third-order valence-electron chi connectivity index (χ3n) is 7.07. The van der Waals surface area contributed by atoms with Gasteiger partial charge in [-0.3, -0.25) is 14.6 Å². The largest absolute Gasteiger partial charge is 0.294 e. The molecule has 5 heteroatoms. The van der Waals surface area contributed by atoms with Crippen molar-refractivity contribution in [2.75, 3.05) is 0 Å². The smallest absolute Gasteiger partial charge is 0.195 e. The molecule has 2 aromatic carbocycles. The van der Waals surface area contributed by atoms with Crippen LogP contribution in [0.4, 0.5) is 8.78 Å². The van der Waals surface area contributed by atoms with Gasteiger partial charge in [-0.2, -0.15) is 0 Å². The monoisotopic (exact) mass is 459 g/mol. The third-order valence-corrected chi connectivity index (χ3v) is 7.07. The number of ketones is 2. The van der Waals surface area contributed by atoms with Crippen LogP contribution >= 0.6 is 0 Å². The molecular weight excluding hydrogens is 432 g/mol. The van der Waals surface area contributed by atoms with Crippen LogP contribution in [0.1, 0.15) is 89.5 Å². The van der Waals surface area contributed by atoms with Gasteiger partial charge in [0.25, 0.3) is 0 Å². The van der Waals surface area contributed by atoms with E-state index in [4.69, 9.17) is 4.98 Å². The first-order valence-corrected chi connectivity index (χ1v) is 11.9. The summed E-state index contributed by atoms with van der Waals surface area (Å²) in [7, 11) is 0. The summed E-state index contributed by atoms with van der Waals surface area (Å²) in [6.45, 7) is 4.11. The van der Waals surface area contributed by atoms with Gasteiger partial charge in [0.05, 0.1) is 17.0 Å². The standard InChI is InChI=1S/C29H27F2NO2/c1-29(2)15-22-25(23(33)16-29)24(17-7-11-20(30)12-8-17)26(27(32-22)18-5-3-4-6-18)28(34)19-9-13-21(31)14-10-19/h7-14,18H,3-6,15-16H2,1-2H3. The van der Waals surface area contributed by atoms with Gasteiger partial charge in [-0.1, -0.05) is 38.8 Å². The average Bonchev–Trinajstić information content (AvgIpc) is 3.32. The molecule has 3 aromatic rings. The first-order chi connectivity index (χ1) is 16.2. The van der Waals surface area contributed by atoms with Gasteiger partial charge in [-0.05, 0) is 66.6 Å². The molecule has 0 spiro atoms. The van der Waals surface area contributed by atoms with Gasteiger partial charge >= 0.3 is 0 Å². The lowest BCUT2D eigenvalue weighted by Gasteiger charge is -2.33. The Bertz CT molecular complexity index is 1270. The minimum Gasteiger partial charge on any atom is -0.294 e. The Kier molecular flexibility index (Phi) is 5.67. The Morgan fingerprint density at radius 1 is 0.882 bits per heavy atom. The number of halogens is 2. The van der Waals surface area contributed by atoms with E-state index in [0.717, 1.165) is 37.1 Å². The first-order valence-electron chi connectivity index (χ1n) is 11.9. The summed E-state index contributed by atoms with van der Waals surface area (Å²) in [4.78, 5) is 32.5. The number of benzene rings is 2. The molecule has 2 aliphatic carbocycles. The van der Waals surface area contributed by atoms with Crippen molar-refractivity contribution in [2.45, 2.75) is 58.3 Å². The van der Waals surface area contributed by atoms with E-state index in [0.29, 0.717) is 40.7 Å². The van der Waals surface area contributed by atoms with Crippen molar-refractivity contribution in [3.8, 4) is 11.1 Å². The predicted molar refractivity (Wildman–Crippen MR) is 127 cm³/mol. The van der Waals surface area contributed by atoms with E-state index in [1.165, 1.54) is 36.4 Å². The summed E-state index contributed by atoms with van der Waals surface area (Å²) in [5.41, 5.74) is 3.59. The second-order valence-corrected chi connectivity index (χ2v) is 10.3. The highest BCUT2D eigenvalue weighted by Crippen LogP contribution is 2.45. The molecule has 0 unspecified atom stereocenters. The Morgan fingerprint density at radius 2 is 1.47 bits per heavy atom. The van der Waals surface area contributed by atoms with Crippen molar-refractivity contribution in [1.82, 2.24) is 4.98 Å². The van der Waals surface area contributed by atoms with Crippen LogP contribution in [0, 0.1) is 17.0 Å². The molecule has 0 aliphatic heterocycles. The minimum absolute atomic E-state index is 0.0517. The Balaban J connectivity index is 1.84. The number of rotatable bonds is 4. The molecule has 5 rings (SSSR count). The van der Waals surface area contributed by atoms with Crippen LogP contribution in [-0.2, 0) is 6.42 Å². The maximum atomic E-state index is 14.0. The molecule has 1 aromatic heterocycles. The summed E-state index contributed by atoms with van der Waals surface area (Å²) in [5.74, 6) is -1.03. The van der Waals surface area contributed by atoms with Crippen molar-refractivity contribution < 1.29 is 18.4 Å².